The summed E-state index contributed by atoms with van der Waals surface area (Å²) in [5.74, 6) is -3.25. The maximum Gasteiger partial charge on any atom is 0.314 e. The number of likely N-dealkylation sites (tertiary alicyclic amines) is 1. The molecule has 2 atom stereocenters. The van der Waals surface area contributed by atoms with Crippen LogP contribution in [0.15, 0.2) is 18.2 Å². The number of benzene rings is 1. The molecule has 0 aromatic heterocycles. The third-order valence-corrected chi connectivity index (χ3v) is 4.87. The first kappa shape index (κ1) is 19.3. The molecule has 2 rings (SSSR count). The number of piperidine rings is 1. The molecule has 7 heteroatoms. The Balaban J connectivity index is 2.03. The average molecular weight is 355 g/mol. The predicted molar refractivity (Wildman–Crippen MR) is 86.9 cm³/mol. The number of nitrogens with zero attached hydrogens (tertiary/aromatic N) is 1. The SMILES string of the molecule is CCC[C@@]1(C(=O)O)CN(C(=O)CCc2ccc(F)c(F)c2)CC[C@@H]1O. The molecule has 1 aliphatic rings. The summed E-state index contributed by atoms with van der Waals surface area (Å²) in [6.45, 7) is 2.09. The van der Waals surface area contributed by atoms with Crippen LogP contribution in [0.2, 0.25) is 0 Å². The Labute approximate surface area is 145 Å². The van der Waals surface area contributed by atoms with Gasteiger partial charge in [0, 0.05) is 19.5 Å². The van der Waals surface area contributed by atoms with E-state index < -0.39 is 29.1 Å². The van der Waals surface area contributed by atoms with Crippen molar-refractivity contribution in [1.82, 2.24) is 4.90 Å². The topological polar surface area (TPSA) is 77.8 Å². The fourth-order valence-corrected chi connectivity index (χ4v) is 3.41. The van der Waals surface area contributed by atoms with Crippen LogP contribution in [0.4, 0.5) is 8.78 Å². The molecule has 138 valence electrons. The van der Waals surface area contributed by atoms with Gasteiger partial charge < -0.3 is 15.1 Å². The van der Waals surface area contributed by atoms with Crippen molar-refractivity contribution in [2.24, 2.45) is 5.41 Å². The van der Waals surface area contributed by atoms with Crippen LogP contribution < -0.4 is 0 Å². The van der Waals surface area contributed by atoms with E-state index >= 15 is 0 Å². The number of amides is 1. The summed E-state index contributed by atoms with van der Waals surface area (Å²) in [4.78, 5) is 25.6. The summed E-state index contributed by atoms with van der Waals surface area (Å²) in [5, 5.41) is 19.8. The van der Waals surface area contributed by atoms with Crippen molar-refractivity contribution >= 4 is 11.9 Å². The molecule has 0 radical (unpaired) electrons. The summed E-state index contributed by atoms with van der Waals surface area (Å²) in [6.07, 6.45) is 0.409. The van der Waals surface area contributed by atoms with Crippen molar-refractivity contribution in [2.75, 3.05) is 13.1 Å². The van der Waals surface area contributed by atoms with Gasteiger partial charge in [-0.3, -0.25) is 9.59 Å². The molecule has 0 bridgehead atoms. The monoisotopic (exact) mass is 355 g/mol. The summed E-state index contributed by atoms with van der Waals surface area (Å²) in [7, 11) is 0. The molecule has 1 heterocycles. The number of hydrogen-bond acceptors (Lipinski definition) is 3. The van der Waals surface area contributed by atoms with Crippen LogP contribution >= 0.6 is 0 Å². The number of aliphatic hydroxyl groups is 1. The summed E-state index contributed by atoms with van der Waals surface area (Å²) < 4.78 is 26.1. The van der Waals surface area contributed by atoms with Crippen LogP contribution in [0.5, 0.6) is 0 Å². The highest BCUT2D eigenvalue weighted by atomic mass is 19.2. The molecular weight excluding hydrogens is 332 g/mol. The smallest absolute Gasteiger partial charge is 0.314 e. The molecule has 1 aromatic rings. The van der Waals surface area contributed by atoms with Crippen molar-refractivity contribution in [3.05, 3.63) is 35.4 Å². The number of halogens is 2. The Morgan fingerprint density at radius 3 is 2.64 bits per heavy atom. The summed E-state index contributed by atoms with van der Waals surface area (Å²) in [5.41, 5.74) is -0.840. The van der Waals surface area contributed by atoms with Gasteiger partial charge in [0.15, 0.2) is 11.6 Å². The highest BCUT2D eigenvalue weighted by molar-refractivity contribution is 5.80. The first-order valence-electron chi connectivity index (χ1n) is 8.43. The number of carbonyl (C=O) groups is 2. The lowest BCUT2D eigenvalue weighted by molar-refractivity contribution is -0.166. The number of carboxylic acids is 1. The Hall–Kier alpha value is -2.02. The van der Waals surface area contributed by atoms with E-state index in [0.29, 0.717) is 12.0 Å². The van der Waals surface area contributed by atoms with Gasteiger partial charge in [0.05, 0.1) is 6.10 Å². The molecule has 0 aliphatic carbocycles. The number of carboxylic acid groups (broad SMARTS) is 1. The maximum absolute atomic E-state index is 13.2. The third-order valence-electron chi connectivity index (χ3n) is 4.87. The zero-order chi connectivity index (χ0) is 18.6. The predicted octanol–water partition coefficient (Wildman–Crippen LogP) is 2.36. The van der Waals surface area contributed by atoms with Gasteiger partial charge in [-0.1, -0.05) is 19.4 Å². The number of hydrogen-bond donors (Lipinski definition) is 2. The van der Waals surface area contributed by atoms with E-state index in [0.717, 1.165) is 12.1 Å². The van der Waals surface area contributed by atoms with E-state index in [-0.39, 0.29) is 44.7 Å². The number of aliphatic hydroxyl groups excluding tert-OH is 1. The molecule has 2 N–H and O–H groups in total. The lowest BCUT2D eigenvalue weighted by Crippen LogP contribution is -2.57. The number of carbonyl (C=O) groups excluding carboxylic acids is 1. The minimum Gasteiger partial charge on any atom is -0.481 e. The standard InChI is InChI=1S/C18H23F2NO4/c1-2-8-18(17(24)25)11-21(9-7-15(18)22)16(23)6-4-12-3-5-13(19)14(20)10-12/h3,5,10,15,22H,2,4,6-9,11H2,1H3,(H,24,25)/t15-,18+/m0/s1. The minimum absolute atomic E-state index is 0.0338. The Bertz CT molecular complexity index is 652. The van der Waals surface area contributed by atoms with E-state index in [4.69, 9.17) is 0 Å². The summed E-state index contributed by atoms with van der Waals surface area (Å²) in [6, 6.07) is 3.49. The van der Waals surface area contributed by atoms with E-state index in [1.165, 1.54) is 11.0 Å². The normalized spacial score (nSPS) is 23.5. The molecule has 1 aromatic carbocycles. The van der Waals surface area contributed by atoms with Gasteiger partial charge in [0.25, 0.3) is 0 Å². The lowest BCUT2D eigenvalue weighted by Gasteiger charge is -2.43. The molecule has 25 heavy (non-hydrogen) atoms. The van der Waals surface area contributed by atoms with Crippen LogP contribution in [-0.2, 0) is 16.0 Å². The van der Waals surface area contributed by atoms with E-state index in [1.807, 2.05) is 6.92 Å². The molecular formula is C18H23F2NO4. The van der Waals surface area contributed by atoms with Gasteiger partial charge >= 0.3 is 5.97 Å². The first-order chi connectivity index (χ1) is 11.8. The Morgan fingerprint density at radius 1 is 1.32 bits per heavy atom. The molecule has 1 fully saturated rings. The van der Waals surface area contributed by atoms with E-state index in [9.17, 15) is 28.6 Å². The zero-order valence-electron chi connectivity index (χ0n) is 14.2. The van der Waals surface area contributed by atoms with Gasteiger partial charge in [-0.25, -0.2) is 8.78 Å². The van der Waals surface area contributed by atoms with Gasteiger partial charge in [-0.05, 0) is 37.0 Å². The number of aryl methyl sites for hydroxylation is 1. The highest BCUT2D eigenvalue weighted by Gasteiger charge is 2.49. The second kappa shape index (κ2) is 7.91. The van der Waals surface area contributed by atoms with Gasteiger partial charge in [-0.2, -0.15) is 0 Å². The van der Waals surface area contributed by atoms with Crippen LogP contribution in [-0.4, -0.2) is 46.2 Å². The minimum atomic E-state index is -1.34. The average Bonchev–Trinajstić information content (AvgIpc) is 2.57. The van der Waals surface area contributed by atoms with E-state index in [2.05, 4.69) is 0 Å². The van der Waals surface area contributed by atoms with Gasteiger partial charge in [0.1, 0.15) is 5.41 Å². The van der Waals surface area contributed by atoms with Crippen molar-refractivity contribution in [2.45, 2.75) is 45.1 Å². The molecule has 0 saturated carbocycles. The number of rotatable bonds is 6. The maximum atomic E-state index is 13.2. The van der Waals surface area contributed by atoms with Crippen LogP contribution in [0.3, 0.4) is 0 Å². The molecule has 1 aliphatic heterocycles. The summed E-state index contributed by atoms with van der Waals surface area (Å²) >= 11 is 0. The second-order valence-corrected chi connectivity index (χ2v) is 6.58. The molecule has 1 saturated heterocycles. The fraction of sp³-hybridized carbons (Fsp3) is 0.556. The van der Waals surface area contributed by atoms with Crippen LogP contribution in [0.25, 0.3) is 0 Å². The fourth-order valence-electron chi connectivity index (χ4n) is 3.41. The Morgan fingerprint density at radius 2 is 2.04 bits per heavy atom. The van der Waals surface area contributed by atoms with Crippen molar-refractivity contribution in [3.63, 3.8) is 0 Å². The van der Waals surface area contributed by atoms with Crippen LogP contribution in [0, 0.1) is 17.0 Å². The van der Waals surface area contributed by atoms with Crippen LogP contribution in [0.1, 0.15) is 38.2 Å². The van der Waals surface area contributed by atoms with E-state index in [1.54, 1.807) is 0 Å². The number of aliphatic carboxylic acids is 1. The third kappa shape index (κ3) is 4.15. The lowest BCUT2D eigenvalue weighted by atomic mass is 9.74. The van der Waals surface area contributed by atoms with Gasteiger partial charge in [-0.15, -0.1) is 0 Å². The van der Waals surface area contributed by atoms with Crippen molar-refractivity contribution in [3.8, 4) is 0 Å². The zero-order valence-corrected chi connectivity index (χ0v) is 14.2. The van der Waals surface area contributed by atoms with Gasteiger partial charge in [0.2, 0.25) is 5.91 Å². The highest BCUT2D eigenvalue weighted by Crippen LogP contribution is 2.35. The van der Waals surface area contributed by atoms with Crippen molar-refractivity contribution in [1.29, 1.82) is 0 Å². The largest absolute Gasteiger partial charge is 0.481 e. The molecule has 1 amide bonds. The molecule has 0 unspecified atom stereocenters. The molecule has 0 spiro atoms. The first-order valence-corrected chi connectivity index (χ1v) is 8.43. The van der Waals surface area contributed by atoms with Crippen molar-refractivity contribution < 1.29 is 28.6 Å². The quantitative estimate of drug-likeness (QED) is 0.821. The molecule has 5 nitrogen and oxygen atoms in total. The Kier molecular flexibility index (Phi) is 6.11. The second-order valence-electron chi connectivity index (χ2n) is 6.58.